The number of imidazole rings is 1. The lowest BCUT2D eigenvalue weighted by molar-refractivity contribution is -0.117. The third kappa shape index (κ3) is 4.50. The molecule has 1 amide bonds. The molecule has 3 aromatic carbocycles. The van der Waals surface area contributed by atoms with Crippen LogP contribution in [0.4, 0.5) is 5.69 Å². The average molecular weight is 495 g/mol. The van der Waals surface area contributed by atoms with Crippen LogP contribution in [0.2, 0.25) is 5.02 Å². The molecule has 1 fully saturated rings. The summed E-state index contributed by atoms with van der Waals surface area (Å²) in [6.07, 6.45) is 0.409. The van der Waals surface area contributed by atoms with Gasteiger partial charge >= 0.3 is 0 Å². The summed E-state index contributed by atoms with van der Waals surface area (Å²) in [6.45, 7) is 5.86. The molecule has 2 heterocycles. The third-order valence-electron chi connectivity index (χ3n) is 6.29. The highest BCUT2D eigenvalue weighted by Crippen LogP contribution is 2.36. The van der Waals surface area contributed by atoms with Crippen LogP contribution in [0.3, 0.4) is 0 Å². The number of hydrogen-bond donors (Lipinski definition) is 0. The van der Waals surface area contributed by atoms with Crippen LogP contribution in [-0.2, 0) is 11.3 Å². The smallest absolute Gasteiger partial charge is 0.227 e. The maximum atomic E-state index is 12.9. The third-order valence-corrected chi connectivity index (χ3v) is 6.61. The second-order valence-corrected chi connectivity index (χ2v) is 8.94. The Hall–Kier alpha value is -3.02. The van der Waals surface area contributed by atoms with Gasteiger partial charge in [0.15, 0.2) is 0 Å². The van der Waals surface area contributed by atoms with Gasteiger partial charge in [-0.25, -0.2) is 4.98 Å². The van der Waals surface area contributed by atoms with E-state index in [1.54, 1.807) is 4.90 Å². The number of aromatic nitrogens is 2. The predicted molar refractivity (Wildman–Crippen MR) is 132 cm³/mol. The predicted octanol–water partition coefficient (Wildman–Crippen LogP) is 2.91. The number of ether oxygens (including phenoxy) is 1. The van der Waals surface area contributed by atoms with E-state index >= 15 is 0 Å². The minimum Gasteiger partial charge on any atom is -1.00 e. The first-order valence-corrected chi connectivity index (χ1v) is 11.6. The van der Waals surface area contributed by atoms with Gasteiger partial charge in [0.25, 0.3) is 0 Å². The summed E-state index contributed by atoms with van der Waals surface area (Å²) < 4.78 is 8.40. The molecule has 1 atom stereocenters. The van der Waals surface area contributed by atoms with Gasteiger partial charge in [-0.15, -0.1) is 0 Å². The van der Waals surface area contributed by atoms with Crippen molar-refractivity contribution in [1.29, 1.82) is 0 Å². The van der Waals surface area contributed by atoms with E-state index in [4.69, 9.17) is 21.3 Å². The lowest BCUT2D eigenvalue weighted by Gasteiger charge is -2.19. The standard InChI is InChI=1S/C27H26ClN3O2.ClH/c1-18-8-7-9-19(2)26(18)33-15-14-30-24-13-6-4-11-22(24)29-27(30)20-16-25(32)31(17-20)23-12-5-3-10-21(23)28;/h3-13,20H,14-17H2,1-2H3;1H/p-1. The molecule has 0 saturated carbocycles. The molecule has 1 aliphatic heterocycles. The maximum absolute atomic E-state index is 12.9. The molecule has 4 aromatic rings. The molecule has 5 rings (SSSR count). The van der Waals surface area contributed by atoms with Crippen LogP contribution in [-0.4, -0.2) is 28.6 Å². The number of halogens is 2. The lowest BCUT2D eigenvalue weighted by atomic mass is 10.1. The molecule has 176 valence electrons. The first kappa shape index (κ1) is 24.1. The van der Waals surface area contributed by atoms with E-state index < -0.39 is 0 Å². The van der Waals surface area contributed by atoms with Crippen molar-refractivity contribution in [3.8, 4) is 5.75 Å². The Morgan fingerprint density at radius 1 is 1.00 bits per heavy atom. The topological polar surface area (TPSA) is 47.4 Å². The van der Waals surface area contributed by atoms with Crippen molar-refractivity contribution in [2.24, 2.45) is 0 Å². The van der Waals surface area contributed by atoms with Crippen molar-refractivity contribution in [2.45, 2.75) is 32.7 Å². The van der Waals surface area contributed by atoms with Crippen LogP contribution in [0.5, 0.6) is 5.75 Å². The Balaban J connectivity index is 0.00000274. The summed E-state index contributed by atoms with van der Waals surface area (Å²) in [4.78, 5) is 19.6. The second-order valence-electron chi connectivity index (χ2n) is 8.54. The van der Waals surface area contributed by atoms with Crippen molar-refractivity contribution in [2.75, 3.05) is 18.1 Å². The van der Waals surface area contributed by atoms with Gasteiger partial charge in [0.2, 0.25) is 5.91 Å². The largest absolute Gasteiger partial charge is 1.00 e. The van der Waals surface area contributed by atoms with Gasteiger partial charge in [-0.2, -0.15) is 0 Å². The molecule has 1 aromatic heterocycles. The van der Waals surface area contributed by atoms with Crippen molar-refractivity contribution in [1.82, 2.24) is 9.55 Å². The lowest BCUT2D eigenvalue weighted by Crippen LogP contribution is -3.00. The van der Waals surface area contributed by atoms with Crippen molar-refractivity contribution in [3.63, 3.8) is 0 Å². The van der Waals surface area contributed by atoms with Crippen molar-refractivity contribution >= 4 is 34.2 Å². The fourth-order valence-corrected chi connectivity index (χ4v) is 4.93. The van der Waals surface area contributed by atoms with Crippen LogP contribution in [0, 0.1) is 13.8 Å². The minimum atomic E-state index is -0.0126. The Morgan fingerprint density at radius 3 is 2.47 bits per heavy atom. The van der Waals surface area contributed by atoms with E-state index in [1.165, 1.54) is 0 Å². The second kappa shape index (κ2) is 10.1. The quantitative estimate of drug-likeness (QED) is 0.414. The molecule has 0 spiro atoms. The highest BCUT2D eigenvalue weighted by atomic mass is 35.5. The van der Waals surface area contributed by atoms with Crippen LogP contribution >= 0.6 is 11.6 Å². The van der Waals surface area contributed by atoms with Gasteiger partial charge in [-0.3, -0.25) is 4.79 Å². The van der Waals surface area contributed by atoms with Crippen molar-refractivity contribution in [3.05, 3.63) is 88.7 Å². The zero-order valence-electron chi connectivity index (χ0n) is 19.2. The van der Waals surface area contributed by atoms with Gasteiger partial charge in [0.1, 0.15) is 18.2 Å². The van der Waals surface area contributed by atoms with Gasteiger partial charge in [-0.1, -0.05) is 54.1 Å². The average Bonchev–Trinajstić information content (AvgIpc) is 3.37. The zero-order valence-corrected chi connectivity index (χ0v) is 20.7. The molecular formula is C27H26Cl2N3O2-. The Kier molecular flexibility index (Phi) is 7.15. The summed E-state index contributed by atoms with van der Waals surface area (Å²) in [7, 11) is 0. The first-order valence-electron chi connectivity index (χ1n) is 11.2. The van der Waals surface area contributed by atoms with Crippen LogP contribution in [0.15, 0.2) is 66.7 Å². The Bertz CT molecular complexity index is 1310. The van der Waals surface area contributed by atoms with Gasteiger partial charge < -0.3 is 26.6 Å². The van der Waals surface area contributed by atoms with Gasteiger partial charge in [-0.05, 0) is 49.2 Å². The van der Waals surface area contributed by atoms with Crippen LogP contribution in [0.1, 0.15) is 29.3 Å². The van der Waals surface area contributed by atoms with Gasteiger partial charge in [0, 0.05) is 18.9 Å². The molecule has 1 saturated heterocycles. The number of aryl methyl sites for hydroxylation is 2. The summed E-state index contributed by atoms with van der Waals surface area (Å²) in [5.41, 5.74) is 5.00. The molecule has 7 heteroatoms. The number of hydrogen-bond acceptors (Lipinski definition) is 3. The number of benzene rings is 3. The molecule has 0 bridgehead atoms. The van der Waals surface area contributed by atoms with E-state index in [1.807, 2.05) is 48.5 Å². The minimum absolute atomic E-state index is 0. The fourth-order valence-electron chi connectivity index (χ4n) is 4.69. The highest BCUT2D eigenvalue weighted by molar-refractivity contribution is 6.33. The maximum Gasteiger partial charge on any atom is 0.227 e. The molecule has 0 aliphatic carbocycles. The van der Waals surface area contributed by atoms with E-state index in [0.29, 0.717) is 31.1 Å². The number of fused-ring (bicyclic) bond motifs is 1. The SMILES string of the molecule is Cc1cccc(C)c1OCCn1c(C2CC(=O)N(c3ccccc3Cl)C2)nc2ccccc21.[Cl-]. The van der Waals surface area contributed by atoms with E-state index in [2.05, 4.69) is 36.6 Å². The number of carbonyl (C=O) groups excluding carboxylic acids is 1. The van der Waals surface area contributed by atoms with Crippen LogP contribution < -0.4 is 22.0 Å². The molecular weight excluding hydrogens is 469 g/mol. The zero-order chi connectivity index (χ0) is 22.9. The number of nitrogens with zero attached hydrogens (tertiary/aromatic N) is 3. The monoisotopic (exact) mass is 494 g/mol. The number of para-hydroxylation sites is 4. The molecule has 0 radical (unpaired) electrons. The number of rotatable bonds is 6. The van der Waals surface area contributed by atoms with E-state index in [9.17, 15) is 4.79 Å². The number of amides is 1. The normalized spacial score (nSPS) is 15.6. The summed E-state index contributed by atoms with van der Waals surface area (Å²) >= 11 is 6.38. The van der Waals surface area contributed by atoms with Gasteiger partial charge in [0.05, 0.1) is 28.3 Å². The Morgan fingerprint density at radius 2 is 1.71 bits per heavy atom. The van der Waals surface area contributed by atoms with Crippen molar-refractivity contribution < 1.29 is 21.9 Å². The van der Waals surface area contributed by atoms with E-state index in [0.717, 1.165) is 39.4 Å². The fraction of sp³-hybridized carbons (Fsp3) is 0.259. The van der Waals surface area contributed by atoms with E-state index in [-0.39, 0.29) is 24.2 Å². The summed E-state index contributed by atoms with van der Waals surface area (Å²) in [6, 6.07) is 21.8. The summed E-state index contributed by atoms with van der Waals surface area (Å²) in [5.74, 6) is 1.91. The Labute approximate surface area is 210 Å². The molecule has 0 N–H and O–H groups in total. The highest BCUT2D eigenvalue weighted by Gasteiger charge is 2.35. The first-order chi connectivity index (χ1) is 16.0. The van der Waals surface area contributed by atoms with Crippen LogP contribution in [0.25, 0.3) is 11.0 Å². The molecule has 1 unspecified atom stereocenters. The molecule has 34 heavy (non-hydrogen) atoms. The number of carbonyl (C=O) groups is 1. The molecule has 5 nitrogen and oxygen atoms in total. The summed E-state index contributed by atoms with van der Waals surface area (Å²) in [5, 5.41) is 0.585. The molecule has 1 aliphatic rings. The number of anilines is 1.